The van der Waals surface area contributed by atoms with E-state index in [9.17, 15) is 13.2 Å². The second kappa shape index (κ2) is 6.03. The number of nitrogens with zero attached hydrogens (tertiary/aromatic N) is 1. The third-order valence-corrected chi connectivity index (χ3v) is 3.81. The van der Waals surface area contributed by atoms with Crippen molar-refractivity contribution in [2.45, 2.75) is 22.1 Å². The maximum atomic E-state index is 12.7. The van der Waals surface area contributed by atoms with Crippen LogP contribution in [0.4, 0.5) is 13.2 Å². The minimum atomic E-state index is -4.50. The quantitative estimate of drug-likeness (QED) is 0.908. The highest BCUT2D eigenvalue weighted by atomic mass is 35.5. The Bertz CT molecular complexity index is 587. The van der Waals surface area contributed by atoms with Gasteiger partial charge in [0.1, 0.15) is 11.1 Å². The van der Waals surface area contributed by atoms with Gasteiger partial charge in [-0.3, -0.25) is 0 Å². The number of aromatic nitrogens is 1. The molecule has 1 aromatic heterocycles. The van der Waals surface area contributed by atoms with E-state index in [-0.39, 0.29) is 10.6 Å². The van der Waals surface area contributed by atoms with Crippen molar-refractivity contribution in [1.29, 1.82) is 0 Å². The van der Waals surface area contributed by atoms with E-state index in [4.69, 9.17) is 17.3 Å². The number of alkyl halides is 3. The van der Waals surface area contributed by atoms with Crippen LogP contribution in [0.25, 0.3) is 0 Å². The molecule has 0 bridgehead atoms. The Hall–Kier alpha value is -1.24. The molecule has 0 aliphatic carbocycles. The van der Waals surface area contributed by atoms with E-state index in [1.165, 1.54) is 18.3 Å². The van der Waals surface area contributed by atoms with Gasteiger partial charge < -0.3 is 5.73 Å². The van der Waals surface area contributed by atoms with E-state index in [1.807, 2.05) is 0 Å². The summed E-state index contributed by atoms with van der Waals surface area (Å²) in [6.07, 6.45) is -3.07. The lowest BCUT2D eigenvalue weighted by Gasteiger charge is -2.18. The summed E-state index contributed by atoms with van der Waals surface area (Å²) in [6.45, 7) is 0. The molecule has 0 unspecified atom stereocenters. The molecule has 2 nitrogen and oxygen atoms in total. The van der Waals surface area contributed by atoms with Crippen LogP contribution in [0.1, 0.15) is 11.6 Å². The van der Waals surface area contributed by atoms with Gasteiger partial charge in [-0.05, 0) is 30.3 Å². The molecule has 0 saturated heterocycles. The van der Waals surface area contributed by atoms with Gasteiger partial charge in [0, 0.05) is 21.7 Å². The zero-order chi connectivity index (χ0) is 14.8. The summed E-state index contributed by atoms with van der Waals surface area (Å²) < 4.78 is 38.2. The molecule has 1 aromatic carbocycles. The summed E-state index contributed by atoms with van der Waals surface area (Å²) in [5.41, 5.74) is 5.21. The van der Waals surface area contributed by atoms with E-state index in [0.717, 1.165) is 16.7 Å². The van der Waals surface area contributed by atoms with Crippen molar-refractivity contribution in [2.75, 3.05) is 0 Å². The van der Waals surface area contributed by atoms with Crippen molar-refractivity contribution < 1.29 is 13.2 Å². The van der Waals surface area contributed by atoms with Crippen molar-refractivity contribution in [3.05, 3.63) is 53.2 Å². The highest BCUT2D eigenvalue weighted by Gasteiger charge is 2.39. The van der Waals surface area contributed by atoms with Crippen molar-refractivity contribution in [2.24, 2.45) is 5.73 Å². The Morgan fingerprint density at radius 1 is 1.15 bits per heavy atom. The fourth-order valence-electron chi connectivity index (χ4n) is 1.52. The van der Waals surface area contributed by atoms with Crippen LogP contribution in [0.5, 0.6) is 0 Å². The third-order valence-electron chi connectivity index (χ3n) is 2.52. The summed E-state index contributed by atoms with van der Waals surface area (Å²) in [5, 5.41) is 0.794. The second-order valence-corrected chi connectivity index (χ2v) is 5.47. The number of halogens is 4. The van der Waals surface area contributed by atoms with Gasteiger partial charge in [0.2, 0.25) is 0 Å². The molecule has 0 radical (unpaired) electrons. The average Bonchev–Trinajstić information content (AvgIpc) is 2.40. The zero-order valence-corrected chi connectivity index (χ0v) is 11.6. The lowest BCUT2D eigenvalue weighted by Crippen LogP contribution is -2.29. The van der Waals surface area contributed by atoms with Gasteiger partial charge in [-0.25, -0.2) is 4.98 Å². The van der Waals surface area contributed by atoms with E-state index < -0.39 is 12.2 Å². The van der Waals surface area contributed by atoms with Crippen LogP contribution in [0.3, 0.4) is 0 Å². The van der Waals surface area contributed by atoms with E-state index >= 15 is 0 Å². The molecule has 0 spiro atoms. The van der Waals surface area contributed by atoms with Crippen LogP contribution in [-0.4, -0.2) is 11.2 Å². The molecule has 0 aliphatic rings. The van der Waals surface area contributed by atoms with Crippen LogP contribution < -0.4 is 5.73 Å². The first-order chi connectivity index (χ1) is 9.38. The summed E-state index contributed by atoms with van der Waals surface area (Å²) >= 11 is 6.88. The van der Waals surface area contributed by atoms with E-state index in [1.54, 1.807) is 24.3 Å². The van der Waals surface area contributed by atoms with E-state index in [0.29, 0.717) is 5.02 Å². The number of rotatable bonds is 3. The highest BCUT2D eigenvalue weighted by Crippen LogP contribution is 2.37. The first-order valence-electron chi connectivity index (χ1n) is 5.58. The van der Waals surface area contributed by atoms with Gasteiger partial charge in [-0.15, -0.1) is 0 Å². The largest absolute Gasteiger partial charge is 0.407 e. The molecular formula is C13H10ClF3N2S. The van der Waals surface area contributed by atoms with Gasteiger partial charge in [0.05, 0.1) is 0 Å². The normalized spacial score (nSPS) is 13.2. The number of nitrogens with two attached hydrogens (primary N) is 1. The molecule has 7 heteroatoms. The third kappa shape index (κ3) is 3.65. The van der Waals surface area contributed by atoms with E-state index in [2.05, 4.69) is 4.98 Å². The summed E-state index contributed by atoms with van der Waals surface area (Å²) in [6, 6.07) is 7.48. The Kier molecular flexibility index (Phi) is 4.57. The molecule has 2 rings (SSSR count). The average molecular weight is 319 g/mol. The lowest BCUT2D eigenvalue weighted by atomic mass is 10.1. The van der Waals surface area contributed by atoms with Gasteiger partial charge in [0.15, 0.2) is 0 Å². The van der Waals surface area contributed by atoms with Crippen LogP contribution in [-0.2, 0) is 0 Å². The fourth-order valence-corrected chi connectivity index (χ4v) is 2.56. The van der Waals surface area contributed by atoms with Crippen LogP contribution in [0, 0.1) is 0 Å². The predicted molar refractivity (Wildman–Crippen MR) is 72.8 cm³/mol. The molecular weight excluding hydrogens is 309 g/mol. The molecule has 0 saturated carbocycles. The Balaban J connectivity index is 2.31. The van der Waals surface area contributed by atoms with Crippen molar-refractivity contribution >= 4 is 23.4 Å². The molecule has 2 aromatic rings. The molecule has 1 heterocycles. The maximum Gasteiger partial charge on any atom is 0.407 e. The number of pyridine rings is 1. The van der Waals surface area contributed by atoms with Gasteiger partial charge in [-0.1, -0.05) is 29.4 Å². The first-order valence-corrected chi connectivity index (χ1v) is 6.78. The monoisotopic (exact) mass is 318 g/mol. The van der Waals surface area contributed by atoms with Crippen molar-refractivity contribution in [3.8, 4) is 0 Å². The standard InChI is InChI=1S/C13H10ClF3N2S/c14-8-3-5-9(6-4-8)20-12-10(2-1-7-19-12)11(18)13(15,16)17/h1-7,11H,18H2/t11-/m1/s1. The molecule has 0 fully saturated rings. The molecule has 106 valence electrons. The van der Waals surface area contributed by atoms with Gasteiger partial charge in [-0.2, -0.15) is 13.2 Å². The number of hydrogen-bond acceptors (Lipinski definition) is 3. The molecule has 2 N–H and O–H groups in total. The van der Waals surface area contributed by atoms with Crippen LogP contribution in [0.2, 0.25) is 5.02 Å². The summed E-state index contributed by atoms with van der Waals surface area (Å²) in [4.78, 5) is 4.72. The topological polar surface area (TPSA) is 38.9 Å². The minimum absolute atomic E-state index is 0.0417. The first kappa shape index (κ1) is 15.2. The summed E-state index contributed by atoms with van der Waals surface area (Å²) in [7, 11) is 0. The minimum Gasteiger partial charge on any atom is -0.316 e. The molecule has 0 amide bonds. The predicted octanol–water partition coefficient (Wildman–Crippen LogP) is 4.45. The fraction of sp³-hybridized carbons (Fsp3) is 0.154. The Morgan fingerprint density at radius 2 is 1.80 bits per heavy atom. The molecule has 20 heavy (non-hydrogen) atoms. The second-order valence-electron chi connectivity index (χ2n) is 3.97. The van der Waals surface area contributed by atoms with Crippen molar-refractivity contribution in [1.82, 2.24) is 4.98 Å². The number of benzene rings is 1. The molecule has 1 atom stereocenters. The Labute approximate surface area is 123 Å². The zero-order valence-electron chi connectivity index (χ0n) is 10.1. The maximum absolute atomic E-state index is 12.7. The highest BCUT2D eigenvalue weighted by molar-refractivity contribution is 7.99. The summed E-state index contributed by atoms with van der Waals surface area (Å²) in [5.74, 6) is 0. The molecule has 0 aliphatic heterocycles. The SMILES string of the molecule is N[C@H](c1cccnc1Sc1ccc(Cl)cc1)C(F)(F)F. The lowest BCUT2D eigenvalue weighted by molar-refractivity contribution is -0.149. The Morgan fingerprint density at radius 3 is 2.40 bits per heavy atom. The van der Waals surface area contributed by atoms with Gasteiger partial charge >= 0.3 is 6.18 Å². The van der Waals surface area contributed by atoms with Crippen molar-refractivity contribution in [3.63, 3.8) is 0 Å². The van der Waals surface area contributed by atoms with Crippen LogP contribution in [0.15, 0.2) is 52.5 Å². The smallest absolute Gasteiger partial charge is 0.316 e. The number of hydrogen-bond donors (Lipinski definition) is 1. The van der Waals surface area contributed by atoms with Gasteiger partial charge in [0.25, 0.3) is 0 Å². The van der Waals surface area contributed by atoms with Crippen LogP contribution >= 0.6 is 23.4 Å².